The van der Waals surface area contributed by atoms with Gasteiger partial charge < -0.3 is 18.0 Å². The van der Waals surface area contributed by atoms with Crippen LogP contribution in [-0.4, -0.2) is 76.2 Å². The fourth-order valence-corrected chi connectivity index (χ4v) is 7.61. The van der Waals surface area contributed by atoms with Crippen LogP contribution in [0, 0.1) is 0 Å². The highest BCUT2D eigenvalue weighted by molar-refractivity contribution is 8.00. The van der Waals surface area contributed by atoms with Gasteiger partial charge in [-0.3, -0.25) is 9.69 Å². The van der Waals surface area contributed by atoms with E-state index < -0.39 is 8.80 Å². The Balaban J connectivity index is 1.99. The highest BCUT2D eigenvalue weighted by atomic mass is 32.2. The van der Waals surface area contributed by atoms with Gasteiger partial charge >= 0.3 is 14.8 Å². The van der Waals surface area contributed by atoms with Crippen LogP contribution in [0.25, 0.3) is 0 Å². The zero-order valence-electron chi connectivity index (χ0n) is 13.9. The molecule has 8 heteroatoms. The molecule has 0 saturated carbocycles. The van der Waals surface area contributed by atoms with Crippen LogP contribution in [-0.2, 0) is 22.8 Å². The Morgan fingerprint density at radius 3 is 2.09 bits per heavy atom. The van der Waals surface area contributed by atoms with Crippen molar-refractivity contribution in [2.24, 2.45) is 0 Å². The summed E-state index contributed by atoms with van der Waals surface area (Å²) in [4.78, 5) is 13.6. The second-order valence-corrected chi connectivity index (χ2v) is 9.74. The minimum Gasteiger partial charge on any atom is -0.468 e. The standard InChI is InChI=1S/C14H27NO5SSi/c1-11-7-15-8-12(2)19-22(18-11,20-13(3)9-15)6-5-21-10-14(16)17-4/h11-13H,5-10H2,1-4H3. The van der Waals surface area contributed by atoms with Crippen molar-refractivity contribution in [3.8, 4) is 0 Å². The molecule has 0 aliphatic carbocycles. The van der Waals surface area contributed by atoms with E-state index in [2.05, 4.69) is 30.4 Å². The molecule has 22 heavy (non-hydrogen) atoms. The maximum Gasteiger partial charge on any atom is 0.502 e. The lowest BCUT2D eigenvalue weighted by Crippen LogP contribution is -2.61. The van der Waals surface area contributed by atoms with Crippen LogP contribution in [0.15, 0.2) is 0 Å². The van der Waals surface area contributed by atoms with E-state index in [0.717, 1.165) is 31.4 Å². The molecule has 6 nitrogen and oxygen atoms in total. The summed E-state index contributed by atoms with van der Waals surface area (Å²) in [6.45, 7) is 9.00. The Bertz CT molecular complexity index is 350. The Hall–Kier alpha value is -0.123. The lowest BCUT2D eigenvalue weighted by molar-refractivity contribution is -0.137. The van der Waals surface area contributed by atoms with Gasteiger partial charge in [0, 0.05) is 25.7 Å². The smallest absolute Gasteiger partial charge is 0.468 e. The van der Waals surface area contributed by atoms with Crippen molar-refractivity contribution >= 4 is 26.5 Å². The molecule has 3 heterocycles. The van der Waals surface area contributed by atoms with Gasteiger partial charge in [0.15, 0.2) is 0 Å². The number of thioether (sulfide) groups is 1. The second-order valence-electron chi connectivity index (χ2n) is 6.07. The van der Waals surface area contributed by atoms with Crippen molar-refractivity contribution in [1.29, 1.82) is 0 Å². The maximum absolute atomic E-state index is 11.2. The lowest BCUT2D eigenvalue weighted by Gasteiger charge is -2.45. The molecule has 0 radical (unpaired) electrons. The van der Waals surface area contributed by atoms with Crippen molar-refractivity contribution < 1.29 is 22.8 Å². The maximum atomic E-state index is 11.2. The molecule has 3 fully saturated rings. The van der Waals surface area contributed by atoms with E-state index in [4.69, 9.17) is 13.3 Å². The molecule has 128 valence electrons. The topological polar surface area (TPSA) is 57.2 Å². The summed E-state index contributed by atoms with van der Waals surface area (Å²) in [7, 11) is -1.29. The third-order valence-corrected chi connectivity index (χ3v) is 8.13. The van der Waals surface area contributed by atoms with Crippen LogP contribution >= 0.6 is 11.8 Å². The Labute approximate surface area is 138 Å². The molecule has 3 saturated heterocycles. The Morgan fingerprint density at radius 2 is 1.64 bits per heavy atom. The Morgan fingerprint density at radius 1 is 1.14 bits per heavy atom. The van der Waals surface area contributed by atoms with Gasteiger partial charge in [0.05, 0.1) is 31.2 Å². The zero-order valence-corrected chi connectivity index (χ0v) is 15.7. The SMILES string of the molecule is COC(=O)CSCC[Si]12OC(C)CN(CC(C)O1)CC(C)O2. The molecule has 3 aliphatic rings. The summed E-state index contributed by atoms with van der Waals surface area (Å²) < 4.78 is 23.4. The normalized spacial score (nSPS) is 38.9. The minimum absolute atomic E-state index is 0.109. The Kier molecular flexibility index (Phi) is 6.72. The van der Waals surface area contributed by atoms with Crippen LogP contribution in [0.5, 0.6) is 0 Å². The van der Waals surface area contributed by atoms with E-state index in [9.17, 15) is 4.79 Å². The summed E-state index contributed by atoms with van der Waals surface area (Å²) in [6.07, 6.45) is 0.326. The lowest BCUT2D eigenvalue weighted by atomic mass is 10.2. The first-order valence-corrected chi connectivity index (χ1v) is 10.9. The first-order chi connectivity index (χ1) is 10.4. The van der Waals surface area contributed by atoms with Crippen molar-refractivity contribution in [1.82, 2.24) is 4.90 Å². The molecular formula is C14H27NO5SSi. The monoisotopic (exact) mass is 349 g/mol. The van der Waals surface area contributed by atoms with E-state index in [-0.39, 0.29) is 24.3 Å². The van der Waals surface area contributed by atoms with Crippen molar-refractivity contribution in [2.45, 2.75) is 45.1 Å². The molecule has 0 aromatic heterocycles. The fourth-order valence-electron chi connectivity index (χ4n) is 3.02. The van der Waals surface area contributed by atoms with Crippen LogP contribution in [0.3, 0.4) is 0 Å². The first-order valence-electron chi connectivity index (χ1n) is 7.83. The molecule has 3 unspecified atom stereocenters. The molecule has 3 aliphatic heterocycles. The molecule has 0 N–H and O–H groups in total. The van der Waals surface area contributed by atoms with Crippen molar-refractivity contribution in [3.63, 3.8) is 0 Å². The first kappa shape index (κ1) is 18.2. The van der Waals surface area contributed by atoms with Crippen molar-refractivity contribution in [2.75, 3.05) is 38.2 Å². The summed E-state index contributed by atoms with van der Waals surface area (Å²) in [6, 6.07) is 0.730. The largest absolute Gasteiger partial charge is 0.502 e. The van der Waals surface area contributed by atoms with E-state index in [1.54, 1.807) is 11.8 Å². The highest BCUT2D eigenvalue weighted by Gasteiger charge is 2.48. The average Bonchev–Trinajstić information content (AvgIpc) is 2.39. The van der Waals surface area contributed by atoms with E-state index in [1.807, 2.05) is 0 Å². The van der Waals surface area contributed by atoms with Gasteiger partial charge in [-0.2, -0.15) is 11.8 Å². The van der Waals surface area contributed by atoms with Crippen molar-refractivity contribution in [3.05, 3.63) is 0 Å². The number of rotatable bonds is 5. The fraction of sp³-hybridized carbons (Fsp3) is 0.929. The number of esters is 1. The number of carbonyl (C=O) groups is 1. The molecule has 0 spiro atoms. The number of methoxy groups -OCH3 is 1. The minimum atomic E-state index is -2.70. The molecular weight excluding hydrogens is 322 g/mol. The van der Waals surface area contributed by atoms with Gasteiger partial charge in [-0.15, -0.1) is 0 Å². The van der Waals surface area contributed by atoms with Crippen LogP contribution < -0.4 is 0 Å². The molecule has 2 bridgehead atoms. The molecule has 3 atom stereocenters. The van der Waals surface area contributed by atoms with E-state index in [1.165, 1.54) is 7.11 Å². The van der Waals surface area contributed by atoms with Gasteiger partial charge in [0.2, 0.25) is 0 Å². The third-order valence-electron chi connectivity index (χ3n) is 3.69. The molecule has 3 rings (SSSR count). The van der Waals surface area contributed by atoms with Gasteiger partial charge in [-0.1, -0.05) is 0 Å². The summed E-state index contributed by atoms with van der Waals surface area (Å²) in [5.41, 5.74) is 0. The predicted molar refractivity (Wildman–Crippen MR) is 88.0 cm³/mol. The quantitative estimate of drug-likeness (QED) is 0.422. The van der Waals surface area contributed by atoms with E-state index >= 15 is 0 Å². The van der Waals surface area contributed by atoms with Gasteiger partial charge in [-0.05, 0) is 26.5 Å². The van der Waals surface area contributed by atoms with E-state index in [0.29, 0.717) is 5.75 Å². The summed E-state index contributed by atoms with van der Waals surface area (Å²) in [5, 5.41) is 0. The molecule has 0 amide bonds. The van der Waals surface area contributed by atoms with Gasteiger partial charge in [-0.25, -0.2) is 0 Å². The highest BCUT2D eigenvalue weighted by Crippen LogP contribution is 2.29. The van der Waals surface area contributed by atoms with Crippen LogP contribution in [0.4, 0.5) is 0 Å². The van der Waals surface area contributed by atoms with Gasteiger partial charge in [0.1, 0.15) is 0 Å². The van der Waals surface area contributed by atoms with Crippen LogP contribution in [0.1, 0.15) is 20.8 Å². The number of hydrogen-bond acceptors (Lipinski definition) is 7. The van der Waals surface area contributed by atoms with Gasteiger partial charge in [0.25, 0.3) is 0 Å². The number of carbonyl (C=O) groups excluding carboxylic acids is 1. The van der Waals surface area contributed by atoms with Crippen LogP contribution in [0.2, 0.25) is 6.04 Å². The average molecular weight is 350 g/mol. The number of ether oxygens (including phenoxy) is 1. The number of fused-ring (bicyclic) bond motifs is 6. The second kappa shape index (κ2) is 8.12. The molecule has 0 aromatic rings. The summed E-state index contributed by atoms with van der Waals surface area (Å²) >= 11 is 1.54. The summed E-state index contributed by atoms with van der Waals surface area (Å²) in [5.74, 6) is 0.931. The zero-order chi connectivity index (χ0) is 16.2. The predicted octanol–water partition coefficient (Wildman–Crippen LogP) is 1.38. The number of hydrogen-bond donors (Lipinski definition) is 0. The number of nitrogens with zero attached hydrogens (tertiary/aromatic N) is 1. The molecule has 0 aromatic carbocycles. The third kappa shape index (κ3) is 5.21.